The summed E-state index contributed by atoms with van der Waals surface area (Å²) in [7, 11) is 0. The fourth-order valence-electron chi connectivity index (χ4n) is 14.2. The zero-order valence-corrected chi connectivity index (χ0v) is 21.5. The van der Waals surface area contributed by atoms with Gasteiger partial charge in [-0.25, -0.2) is 0 Å². The van der Waals surface area contributed by atoms with Crippen LogP contribution in [0.1, 0.15) is 92.7 Å². The Morgan fingerprint density at radius 1 is 0.571 bits per heavy atom. The molecular formula is C35H42. The monoisotopic (exact) mass is 462 g/mol. The minimum absolute atomic E-state index is 0.860. The first-order chi connectivity index (χ1) is 17.2. The molecule has 0 amide bonds. The van der Waals surface area contributed by atoms with E-state index in [-0.39, 0.29) is 0 Å². The molecule has 0 spiro atoms. The number of hydrogen-bond acceptors (Lipinski definition) is 0. The minimum Gasteiger partial charge on any atom is -0.0616 e. The summed E-state index contributed by atoms with van der Waals surface area (Å²) in [5, 5.41) is 3.20. The second kappa shape index (κ2) is 6.57. The molecule has 8 saturated carbocycles. The first-order valence-electron chi connectivity index (χ1n) is 15.8. The molecule has 0 heteroatoms. The lowest BCUT2D eigenvalue weighted by molar-refractivity contribution is 0.129. The van der Waals surface area contributed by atoms with Crippen molar-refractivity contribution in [2.24, 2.45) is 71.0 Å². The molecule has 182 valence electrons. The largest absolute Gasteiger partial charge is 0.0616 e. The first kappa shape index (κ1) is 19.8. The molecule has 0 heterocycles. The predicted molar refractivity (Wildman–Crippen MR) is 142 cm³/mol. The van der Waals surface area contributed by atoms with Gasteiger partial charge in [-0.2, -0.15) is 0 Å². The molecule has 0 aromatic heterocycles. The van der Waals surface area contributed by atoms with Crippen molar-refractivity contribution >= 4 is 10.8 Å². The molecule has 8 aliphatic carbocycles. The molecule has 14 atom stereocenters. The smallest absolute Gasteiger partial charge is 0.0119 e. The highest BCUT2D eigenvalue weighted by Crippen LogP contribution is 2.72. The highest BCUT2D eigenvalue weighted by Gasteiger charge is 2.64. The van der Waals surface area contributed by atoms with Crippen molar-refractivity contribution in [3.63, 3.8) is 0 Å². The fourth-order valence-corrected chi connectivity index (χ4v) is 14.2. The number of benzene rings is 2. The summed E-state index contributed by atoms with van der Waals surface area (Å²) in [6, 6.07) is 12.3. The third-order valence-electron chi connectivity index (χ3n) is 14.6. The number of hydrogen-bond donors (Lipinski definition) is 0. The minimum atomic E-state index is 0.860. The highest BCUT2D eigenvalue weighted by atomic mass is 14.7. The van der Waals surface area contributed by atoms with Crippen LogP contribution in [-0.2, 0) is 0 Å². The van der Waals surface area contributed by atoms with E-state index in [2.05, 4.69) is 37.3 Å². The van der Waals surface area contributed by atoms with Gasteiger partial charge in [-0.05, 0) is 181 Å². The normalized spacial score (nSPS) is 53.9. The van der Waals surface area contributed by atoms with E-state index in [4.69, 9.17) is 0 Å². The molecule has 0 N–H and O–H groups in total. The maximum absolute atomic E-state index is 2.70. The van der Waals surface area contributed by atoms with E-state index in [9.17, 15) is 0 Å². The SMILES string of the molecule is Cc1c(C2CC3CC2C2C4CCC(C4)C32)cc2ccccc2c1C1CC2CC1C1C3CCC(C3)C21. The van der Waals surface area contributed by atoms with E-state index in [1.807, 2.05) is 11.1 Å². The van der Waals surface area contributed by atoms with Crippen LogP contribution < -0.4 is 0 Å². The van der Waals surface area contributed by atoms with E-state index in [1.165, 1.54) is 12.8 Å². The molecule has 8 bridgehead atoms. The highest BCUT2D eigenvalue weighted by molar-refractivity contribution is 5.88. The van der Waals surface area contributed by atoms with Gasteiger partial charge >= 0.3 is 0 Å². The molecule has 0 saturated heterocycles. The Morgan fingerprint density at radius 2 is 1.14 bits per heavy atom. The average Bonchev–Trinajstić information content (AvgIpc) is 3.72. The van der Waals surface area contributed by atoms with Crippen molar-refractivity contribution in [3.05, 3.63) is 47.0 Å². The summed E-state index contributed by atoms with van der Waals surface area (Å²) >= 11 is 0. The Labute approximate surface area is 211 Å². The summed E-state index contributed by atoms with van der Waals surface area (Å²) in [4.78, 5) is 0. The summed E-state index contributed by atoms with van der Waals surface area (Å²) in [6.45, 7) is 2.59. The van der Waals surface area contributed by atoms with Crippen LogP contribution >= 0.6 is 0 Å². The Morgan fingerprint density at radius 3 is 1.83 bits per heavy atom. The van der Waals surface area contributed by atoms with Gasteiger partial charge in [0, 0.05) is 0 Å². The summed E-state index contributed by atoms with van der Waals surface area (Å²) in [5.74, 6) is 14.8. The van der Waals surface area contributed by atoms with Crippen molar-refractivity contribution < 1.29 is 0 Å². The Hall–Kier alpha value is -1.30. The number of rotatable bonds is 2. The Bertz CT molecular complexity index is 1240. The lowest BCUT2D eigenvalue weighted by Crippen LogP contribution is -2.33. The molecule has 2 aromatic carbocycles. The second-order valence-electron chi connectivity index (χ2n) is 15.2. The first-order valence-corrected chi connectivity index (χ1v) is 15.8. The molecule has 10 rings (SSSR count). The van der Waals surface area contributed by atoms with E-state index < -0.39 is 0 Å². The fraction of sp³-hybridized carbons (Fsp3) is 0.714. The Kier molecular flexibility index (Phi) is 3.71. The topological polar surface area (TPSA) is 0 Å². The van der Waals surface area contributed by atoms with Gasteiger partial charge in [0.25, 0.3) is 0 Å². The van der Waals surface area contributed by atoms with Crippen LogP contribution in [0.3, 0.4) is 0 Å². The maximum atomic E-state index is 2.70. The van der Waals surface area contributed by atoms with Crippen LogP contribution in [0.15, 0.2) is 30.3 Å². The van der Waals surface area contributed by atoms with E-state index in [0.717, 1.165) is 82.9 Å². The molecule has 0 aliphatic heterocycles. The van der Waals surface area contributed by atoms with Crippen LogP contribution in [0.25, 0.3) is 10.8 Å². The second-order valence-corrected chi connectivity index (χ2v) is 15.2. The third-order valence-corrected chi connectivity index (χ3v) is 14.6. The zero-order valence-electron chi connectivity index (χ0n) is 21.5. The van der Waals surface area contributed by atoms with Crippen LogP contribution in [-0.4, -0.2) is 0 Å². The zero-order chi connectivity index (χ0) is 22.6. The molecule has 8 aliphatic rings. The van der Waals surface area contributed by atoms with Gasteiger partial charge in [0.05, 0.1) is 0 Å². The molecule has 8 fully saturated rings. The van der Waals surface area contributed by atoms with E-state index >= 15 is 0 Å². The van der Waals surface area contributed by atoms with Gasteiger partial charge < -0.3 is 0 Å². The maximum Gasteiger partial charge on any atom is -0.0119 e. The standard InChI is InChI=1S/C35H42/c1-17-26(27-13-23-14-28(27)34-21-8-6-19(10-21)32(23)34)12-18-4-2-3-5-25(18)31(17)29-15-24-16-30(29)35-22-9-7-20(11-22)33(24)35/h2-5,12,19-24,27-30,32-35H,6-11,13-16H2,1H3. The lowest BCUT2D eigenvalue weighted by Gasteiger charge is -2.41. The Balaban J connectivity index is 1.09. The van der Waals surface area contributed by atoms with E-state index in [0.29, 0.717) is 0 Å². The van der Waals surface area contributed by atoms with Gasteiger partial charge in [-0.3, -0.25) is 0 Å². The molecular weight excluding hydrogens is 420 g/mol. The van der Waals surface area contributed by atoms with Crippen molar-refractivity contribution in [3.8, 4) is 0 Å². The van der Waals surface area contributed by atoms with Crippen molar-refractivity contribution in [1.29, 1.82) is 0 Å². The van der Waals surface area contributed by atoms with Gasteiger partial charge in [0.2, 0.25) is 0 Å². The quantitative estimate of drug-likeness (QED) is 0.391. The van der Waals surface area contributed by atoms with Crippen LogP contribution in [0.4, 0.5) is 0 Å². The molecule has 0 radical (unpaired) electrons. The van der Waals surface area contributed by atoms with E-state index in [1.54, 1.807) is 67.7 Å². The van der Waals surface area contributed by atoms with Crippen molar-refractivity contribution in [2.45, 2.75) is 83.0 Å². The van der Waals surface area contributed by atoms with Crippen LogP contribution in [0, 0.1) is 77.9 Å². The summed E-state index contributed by atoms with van der Waals surface area (Å²) < 4.78 is 0. The summed E-state index contributed by atoms with van der Waals surface area (Å²) in [6.07, 6.45) is 15.7. The van der Waals surface area contributed by atoms with Gasteiger partial charge in [0.1, 0.15) is 0 Å². The third kappa shape index (κ3) is 2.30. The van der Waals surface area contributed by atoms with Crippen molar-refractivity contribution in [1.82, 2.24) is 0 Å². The summed E-state index contributed by atoms with van der Waals surface area (Å²) in [5.41, 5.74) is 5.43. The molecule has 35 heavy (non-hydrogen) atoms. The molecule has 2 aromatic rings. The van der Waals surface area contributed by atoms with Crippen molar-refractivity contribution in [2.75, 3.05) is 0 Å². The van der Waals surface area contributed by atoms with Gasteiger partial charge in [-0.15, -0.1) is 0 Å². The van der Waals surface area contributed by atoms with Gasteiger partial charge in [0.15, 0.2) is 0 Å². The van der Waals surface area contributed by atoms with Gasteiger partial charge in [-0.1, -0.05) is 30.3 Å². The lowest BCUT2D eigenvalue weighted by atomic mass is 9.63. The molecule has 14 unspecified atom stereocenters. The van der Waals surface area contributed by atoms with Crippen LogP contribution in [0.5, 0.6) is 0 Å². The number of fused-ring (bicyclic) bond motifs is 19. The molecule has 0 nitrogen and oxygen atoms in total. The van der Waals surface area contributed by atoms with Crippen LogP contribution in [0.2, 0.25) is 0 Å². The predicted octanol–water partition coefficient (Wildman–Crippen LogP) is 8.72. The average molecular weight is 463 g/mol.